The summed E-state index contributed by atoms with van der Waals surface area (Å²) in [6.07, 6.45) is 0.777. The molecule has 1 aliphatic rings. The van der Waals surface area contributed by atoms with Crippen molar-refractivity contribution >= 4 is 13.3 Å². The highest BCUT2D eigenvalue weighted by Crippen LogP contribution is 2.40. The number of fused-ring (bicyclic) bond motifs is 1. The van der Waals surface area contributed by atoms with Crippen LogP contribution < -0.4 is 14.7 Å². The van der Waals surface area contributed by atoms with E-state index in [0.717, 1.165) is 28.7 Å². The van der Waals surface area contributed by atoms with E-state index in [1.165, 1.54) is 0 Å². The van der Waals surface area contributed by atoms with Crippen LogP contribution in [0.25, 0.3) is 0 Å². The topological polar surface area (TPSA) is 38.7 Å². The fourth-order valence-electron chi connectivity index (χ4n) is 2.16. The smallest absolute Gasteiger partial charge is 0.168 e. The number of ether oxygens (including phenoxy) is 2. The van der Waals surface area contributed by atoms with Crippen molar-refractivity contribution in [3.8, 4) is 17.2 Å². The summed E-state index contributed by atoms with van der Waals surface area (Å²) in [6, 6.07) is 1.97. The predicted molar refractivity (Wildman–Crippen MR) is 71.5 cm³/mol. The molecule has 4 heteroatoms. The van der Waals surface area contributed by atoms with Gasteiger partial charge in [-0.1, -0.05) is 19.6 Å². The fraction of sp³-hybridized carbons (Fsp3) is 0.538. The first kappa shape index (κ1) is 12.3. The van der Waals surface area contributed by atoms with Crippen molar-refractivity contribution in [3.05, 3.63) is 11.6 Å². The zero-order valence-electron chi connectivity index (χ0n) is 11.0. The zero-order valence-corrected chi connectivity index (χ0v) is 12.0. The van der Waals surface area contributed by atoms with E-state index < -0.39 is 8.07 Å². The first-order valence-electron chi connectivity index (χ1n) is 6.10. The maximum absolute atomic E-state index is 10.3. The Labute approximate surface area is 103 Å². The third-order valence-corrected chi connectivity index (χ3v) is 5.02. The molecule has 94 valence electrons. The summed E-state index contributed by atoms with van der Waals surface area (Å²) in [5.74, 6) is 1.96. The normalized spacial score (nSPS) is 14.4. The molecule has 0 radical (unpaired) electrons. The summed E-state index contributed by atoms with van der Waals surface area (Å²) in [6.45, 7) is 9.88. The lowest BCUT2D eigenvalue weighted by Gasteiger charge is -2.21. The zero-order chi connectivity index (χ0) is 12.6. The van der Waals surface area contributed by atoms with Gasteiger partial charge in [0, 0.05) is 12.0 Å². The molecular formula is C13H20O3Si. The van der Waals surface area contributed by atoms with Crippen LogP contribution in [-0.2, 0) is 6.42 Å². The summed E-state index contributed by atoms with van der Waals surface area (Å²) >= 11 is 0. The Kier molecular flexibility index (Phi) is 3.08. The van der Waals surface area contributed by atoms with Crippen LogP contribution in [0.5, 0.6) is 17.2 Å². The van der Waals surface area contributed by atoms with Gasteiger partial charge in [-0.2, -0.15) is 0 Å². The van der Waals surface area contributed by atoms with E-state index in [1.54, 1.807) is 0 Å². The molecule has 0 fully saturated rings. The third-order valence-electron chi connectivity index (χ3n) is 3.02. The lowest BCUT2D eigenvalue weighted by Crippen LogP contribution is -2.38. The van der Waals surface area contributed by atoms with E-state index in [1.807, 2.05) is 13.0 Å². The van der Waals surface area contributed by atoms with E-state index in [4.69, 9.17) is 9.47 Å². The second kappa shape index (κ2) is 4.26. The van der Waals surface area contributed by atoms with Crippen LogP contribution in [0.4, 0.5) is 0 Å². The maximum atomic E-state index is 10.3. The van der Waals surface area contributed by atoms with Crippen LogP contribution in [0.15, 0.2) is 6.07 Å². The summed E-state index contributed by atoms with van der Waals surface area (Å²) in [4.78, 5) is 0. The van der Waals surface area contributed by atoms with Crippen LogP contribution in [-0.4, -0.2) is 26.4 Å². The second-order valence-corrected chi connectivity index (χ2v) is 10.4. The van der Waals surface area contributed by atoms with Gasteiger partial charge >= 0.3 is 0 Å². The average molecular weight is 252 g/mol. The highest BCUT2D eigenvalue weighted by Gasteiger charge is 2.29. The molecule has 1 aromatic carbocycles. The minimum absolute atomic E-state index is 0.431. The molecule has 2 rings (SSSR count). The molecular weight excluding hydrogens is 232 g/mol. The minimum Gasteiger partial charge on any atom is -0.508 e. The molecule has 17 heavy (non-hydrogen) atoms. The quantitative estimate of drug-likeness (QED) is 0.839. The van der Waals surface area contributed by atoms with Gasteiger partial charge in [-0.15, -0.1) is 0 Å². The van der Waals surface area contributed by atoms with Gasteiger partial charge in [0.15, 0.2) is 11.5 Å². The summed E-state index contributed by atoms with van der Waals surface area (Å²) < 4.78 is 11.2. The number of hydrogen-bond donors (Lipinski definition) is 1. The standard InChI is InChI=1S/C13H20O3Si/c1-5-15-10-8-11(17(2,3)4)12(14)9-6-7-16-13(9)10/h8,14H,5-7H2,1-4H3. The van der Waals surface area contributed by atoms with Crippen LogP contribution in [0.2, 0.25) is 19.6 Å². The number of benzene rings is 1. The van der Waals surface area contributed by atoms with Gasteiger partial charge in [0.1, 0.15) is 5.75 Å². The first-order valence-corrected chi connectivity index (χ1v) is 9.60. The van der Waals surface area contributed by atoms with Crippen LogP contribution in [0.3, 0.4) is 0 Å². The molecule has 1 N–H and O–H groups in total. The van der Waals surface area contributed by atoms with Crippen LogP contribution in [0, 0.1) is 0 Å². The Morgan fingerprint density at radius 1 is 1.41 bits per heavy atom. The Hall–Kier alpha value is -1.16. The number of hydrogen-bond acceptors (Lipinski definition) is 3. The van der Waals surface area contributed by atoms with Gasteiger partial charge in [0.25, 0.3) is 0 Å². The van der Waals surface area contributed by atoms with Crippen molar-refractivity contribution in [1.82, 2.24) is 0 Å². The van der Waals surface area contributed by atoms with Crippen molar-refractivity contribution < 1.29 is 14.6 Å². The molecule has 0 amide bonds. The van der Waals surface area contributed by atoms with Gasteiger partial charge in [-0.3, -0.25) is 0 Å². The third kappa shape index (κ3) is 2.14. The van der Waals surface area contributed by atoms with E-state index in [2.05, 4.69) is 19.6 Å². The van der Waals surface area contributed by atoms with Crippen molar-refractivity contribution in [2.24, 2.45) is 0 Å². The molecule has 0 unspecified atom stereocenters. The van der Waals surface area contributed by atoms with Gasteiger partial charge in [-0.25, -0.2) is 0 Å². The fourth-order valence-corrected chi connectivity index (χ4v) is 3.59. The highest BCUT2D eigenvalue weighted by molar-refractivity contribution is 6.89. The lowest BCUT2D eigenvalue weighted by atomic mass is 10.1. The Bertz CT molecular complexity index is 435. The molecule has 0 aliphatic carbocycles. The number of phenols is 1. The Morgan fingerprint density at radius 2 is 2.12 bits per heavy atom. The molecule has 0 bridgehead atoms. The highest BCUT2D eigenvalue weighted by atomic mass is 28.3. The van der Waals surface area contributed by atoms with Crippen molar-refractivity contribution in [2.45, 2.75) is 33.0 Å². The van der Waals surface area contributed by atoms with Gasteiger partial charge in [0.05, 0.1) is 21.3 Å². The SMILES string of the molecule is CCOc1cc([Si](C)(C)C)c(O)c2c1OCC2. The molecule has 1 aliphatic heterocycles. The molecule has 3 nitrogen and oxygen atoms in total. The summed E-state index contributed by atoms with van der Waals surface area (Å²) in [5, 5.41) is 11.4. The monoisotopic (exact) mass is 252 g/mol. The molecule has 1 heterocycles. The van der Waals surface area contributed by atoms with Gasteiger partial charge in [-0.05, 0) is 18.2 Å². The molecule has 1 aromatic rings. The molecule has 0 spiro atoms. The van der Waals surface area contributed by atoms with Crippen molar-refractivity contribution in [3.63, 3.8) is 0 Å². The van der Waals surface area contributed by atoms with Crippen LogP contribution >= 0.6 is 0 Å². The number of aromatic hydroxyl groups is 1. The van der Waals surface area contributed by atoms with Crippen LogP contribution in [0.1, 0.15) is 12.5 Å². The van der Waals surface area contributed by atoms with E-state index >= 15 is 0 Å². The summed E-state index contributed by atoms with van der Waals surface area (Å²) in [5.41, 5.74) is 0.924. The Morgan fingerprint density at radius 3 is 2.71 bits per heavy atom. The second-order valence-electron chi connectivity index (χ2n) is 5.36. The first-order chi connectivity index (χ1) is 7.95. The molecule has 0 saturated carbocycles. The lowest BCUT2D eigenvalue weighted by molar-refractivity contribution is 0.298. The average Bonchev–Trinajstić information content (AvgIpc) is 2.70. The molecule has 0 saturated heterocycles. The minimum atomic E-state index is -1.57. The Balaban J connectivity index is 2.59. The van der Waals surface area contributed by atoms with E-state index in [-0.39, 0.29) is 0 Å². The summed E-state index contributed by atoms with van der Waals surface area (Å²) in [7, 11) is -1.57. The van der Waals surface area contributed by atoms with E-state index in [0.29, 0.717) is 19.0 Å². The van der Waals surface area contributed by atoms with E-state index in [9.17, 15) is 5.11 Å². The maximum Gasteiger partial charge on any atom is 0.168 e. The predicted octanol–water partition coefficient (Wildman–Crippen LogP) is 2.27. The largest absolute Gasteiger partial charge is 0.508 e. The van der Waals surface area contributed by atoms with Gasteiger partial charge < -0.3 is 14.6 Å². The van der Waals surface area contributed by atoms with Gasteiger partial charge in [0.2, 0.25) is 0 Å². The molecule has 0 aromatic heterocycles. The number of rotatable bonds is 3. The molecule has 0 atom stereocenters. The number of phenolic OH excluding ortho intramolecular Hbond substituents is 1. The van der Waals surface area contributed by atoms with Crippen molar-refractivity contribution in [1.29, 1.82) is 0 Å². The van der Waals surface area contributed by atoms with Crippen molar-refractivity contribution in [2.75, 3.05) is 13.2 Å².